The highest BCUT2D eigenvalue weighted by Crippen LogP contribution is 2.22. The van der Waals surface area contributed by atoms with Crippen molar-refractivity contribution in [3.8, 4) is 0 Å². The molecule has 0 saturated carbocycles. The van der Waals surface area contributed by atoms with Gasteiger partial charge in [-0.15, -0.1) is 0 Å². The first-order chi connectivity index (χ1) is 9.61. The third-order valence-corrected chi connectivity index (χ3v) is 3.70. The van der Waals surface area contributed by atoms with Gasteiger partial charge < -0.3 is 14.6 Å². The molecule has 1 N–H and O–H groups in total. The van der Waals surface area contributed by atoms with E-state index in [4.69, 9.17) is 9.26 Å². The molecule has 0 radical (unpaired) electrons. The van der Waals surface area contributed by atoms with Gasteiger partial charge in [0.05, 0.1) is 6.61 Å². The lowest BCUT2D eigenvalue weighted by atomic mass is 10.2. The van der Waals surface area contributed by atoms with Crippen LogP contribution in [0.25, 0.3) is 0 Å². The van der Waals surface area contributed by atoms with Crippen molar-refractivity contribution in [2.45, 2.75) is 45.8 Å². The molecule has 1 saturated heterocycles. The monoisotopic (exact) mass is 282 g/mol. The molecule has 0 amide bonds. The van der Waals surface area contributed by atoms with E-state index in [1.165, 1.54) is 0 Å². The largest absolute Gasteiger partial charge is 0.367 e. The molecule has 1 fully saturated rings. The van der Waals surface area contributed by atoms with E-state index in [2.05, 4.69) is 48.1 Å². The second-order valence-corrected chi connectivity index (χ2v) is 5.65. The smallest absolute Gasteiger partial charge is 0.230 e. The van der Waals surface area contributed by atoms with Gasteiger partial charge in [-0.1, -0.05) is 19.0 Å². The van der Waals surface area contributed by atoms with E-state index in [0.717, 1.165) is 32.8 Å². The van der Waals surface area contributed by atoms with E-state index in [-0.39, 0.29) is 12.0 Å². The number of likely N-dealkylation sites (N-methyl/N-ethyl adjacent to an activating group) is 1. The van der Waals surface area contributed by atoms with Gasteiger partial charge in [-0.05, 0) is 20.4 Å². The molecule has 114 valence electrons. The lowest BCUT2D eigenvalue weighted by molar-refractivity contribution is -0.0450. The van der Waals surface area contributed by atoms with Crippen LogP contribution in [0.3, 0.4) is 0 Å². The van der Waals surface area contributed by atoms with E-state index in [0.29, 0.717) is 17.8 Å². The highest BCUT2D eigenvalue weighted by Gasteiger charge is 2.28. The molecule has 20 heavy (non-hydrogen) atoms. The van der Waals surface area contributed by atoms with Crippen molar-refractivity contribution in [2.75, 3.05) is 32.8 Å². The standard InChI is InChI=1S/C14H26N4O2/c1-5-15-8-11(4)14-16-13(17-20-14)12-9-18(10(2)3)6-7-19-12/h10-12,15H,5-9H2,1-4H3. The molecular weight excluding hydrogens is 256 g/mol. The van der Waals surface area contributed by atoms with Crippen molar-refractivity contribution < 1.29 is 9.26 Å². The summed E-state index contributed by atoms with van der Waals surface area (Å²) in [6.07, 6.45) is -0.0741. The third kappa shape index (κ3) is 3.77. The Kier molecular flexibility index (Phi) is 5.51. The number of nitrogens with one attached hydrogen (secondary N) is 1. The molecule has 0 spiro atoms. The topological polar surface area (TPSA) is 63.4 Å². The summed E-state index contributed by atoms with van der Waals surface area (Å²) in [4.78, 5) is 6.89. The predicted octanol–water partition coefficient (Wildman–Crippen LogP) is 1.56. The van der Waals surface area contributed by atoms with Crippen molar-refractivity contribution in [1.82, 2.24) is 20.4 Å². The fourth-order valence-electron chi connectivity index (χ4n) is 2.32. The number of morpholine rings is 1. The summed E-state index contributed by atoms with van der Waals surface area (Å²) in [5.41, 5.74) is 0. The van der Waals surface area contributed by atoms with Crippen LogP contribution in [0.1, 0.15) is 51.4 Å². The maximum Gasteiger partial charge on any atom is 0.230 e. The maximum absolute atomic E-state index is 5.78. The third-order valence-electron chi connectivity index (χ3n) is 3.70. The molecule has 0 bridgehead atoms. The van der Waals surface area contributed by atoms with E-state index in [9.17, 15) is 0 Å². The molecule has 2 unspecified atom stereocenters. The Balaban J connectivity index is 1.97. The number of nitrogens with zero attached hydrogens (tertiary/aromatic N) is 3. The lowest BCUT2D eigenvalue weighted by Gasteiger charge is -2.34. The maximum atomic E-state index is 5.78. The van der Waals surface area contributed by atoms with Crippen LogP contribution in [0.15, 0.2) is 4.52 Å². The van der Waals surface area contributed by atoms with Gasteiger partial charge in [0.2, 0.25) is 11.7 Å². The number of rotatable bonds is 6. The first-order valence-electron chi connectivity index (χ1n) is 7.51. The Morgan fingerprint density at radius 1 is 1.40 bits per heavy atom. The summed E-state index contributed by atoms with van der Waals surface area (Å²) in [5, 5.41) is 7.39. The molecule has 1 aromatic heterocycles. The number of aromatic nitrogens is 2. The Morgan fingerprint density at radius 2 is 2.20 bits per heavy atom. The van der Waals surface area contributed by atoms with Crippen LogP contribution < -0.4 is 5.32 Å². The van der Waals surface area contributed by atoms with Crippen LogP contribution >= 0.6 is 0 Å². The van der Waals surface area contributed by atoms with Crippen molar-refractivity contribution >= 4 is 0 Å². The molecule has 6 heteroatoms. The zero-order chi connectivity index (χ0) is 14.5. The van der Waals surface area contributed by atoms with E-state index >= 15 is 0 Å². The zero-order valence-corrected chi connectivity index (χ0v) is 12.9. The Morgan fingerprint density at radius 3 is 2.90 bits per heavy atom. The molecule has 0 aliphatic carbocycles. The molecule has 2 atom stereocenters. The highest BCUT2D eigenvalue weighted by atomic mass is 16.5. The van der Waals surface area contributed by atoms with Crippen LogP contribution in [0.4, 0.5) is 0 Å². The SMILES string of the molecule is CCNCC(C)c1nc(C2CN(C(C)C)CCO2)no1. The first-order valence-corrected chi connectivity index (χ1v) is 7.51. The Labute approximate surface area is 120 Å². The van der Waals surface area contributed by atoms with Gasteiger partial charge in [0, 0.05) is 31.6 Å². The van der Waals surface area contributed by atoms with Gasteiger partial charge in [-0.3, -0.25) is 4.90 Å². The summed E-state index contributed by atoms with van der Waals surface area (Å²) in [6.45, 7) is 12.9. The number of ether oxygens (including phenoxy) is 1. The van der Waals surface area contributed by atoms with Crippen molar-refractivity contribution in [1.29, 1.82) is 0 Å². The van der Waals surface area contributed by atoms with Crippen LogP contribution in [0, 0.1) is 0 Å². The van der Waals surface area contributed by atoms with Gasteiger partial charge in [-0.25, -0.2) is 0 Å². The fraction of sp³-hybridized carbons (Fsp3) is 0.857. The van der Waals surface area contributed by atoms with Crippen LogP contribution in [-0.2, 0) is 4.74 Å². The predicted molar refractivity (Wildman–Crippen MR) is 76.7 cm³/mol. The lowest BCUT2D eigenvalue weighted by Crippen LogP contribution is -2.42. The average molecular weight is 282 g/mol. The summed E-state index contributed by atoms with van der Waals surface area (Å²) in [5.74, 6) is 1.58. The minimum Gasteiger partial charge on any atom is -0.367 e. The van der Waals surface area contributed by atoms with Crippen molar-refractivity contribution in [3.63, 3.8) is 0 Å². The molecule has 2 heterocycles. The molecule has 0 aromatic carbocycles. The van der Waals surface area contributed by atoms with Gasteiger partial charge in [0.25, 0.3) is 0 Å². The molecular formula is C14H26N4O2. The Bertz CT molecular complexity index is 408. The molecule has 2 rings (SSSR count). The first kappa shape index (κ1) is 15.4. The van der Waals surface area contributed by atoms with E-state index in [1.807, 2.05) is 0 Å². The Hall–Kier alpha value is -0.980. The highest BCUT2D eigenvalue weighted by molar-refractivity contribution is 4.98. The summed E-state index contributed by atoms with van der Waals surface area (Å²) in [6, 6.07) is 0.514. The average Bonchev–Trinajstić information content (AvgIpc) is 2.94. The van der Waals surface area contributed by atoms with E-state index < -0.39 is 0 Å². The summed E-state index contributed by atoms with van der Waals surface area (Å²) >= 11 is 0. The molecule has 1 aromatic rings. The van der Waals surface area contributed by atoms with Crippen LogP contribution in [0.2, 0.25) is 0 Å². The number of hydrogen-bond acceptors (Lipinski definition) is 6. The fourth-order valence-corrected chi connectivity index (χ4v) is 2.32. The van der Waals surface area contributed by atoms with Gasteiger partial charge in [0.1, 0.15) is 6.10 Å². The van der Waals surface area contributed by atoms with Crippen molar-refractivity contribution in [2.24, 2.45) is 0 Å². The zero-order valence-electron chi connectivity index (χ0n) is 12.9. The van der Waals surface area contributed by atoms with E-state index in [1.54, 1.807) is 0 Å². The van der Waals surface area contributed by atoms with Crippen LogP contribution in [-0.4, -0.2) is 53.9 Å². The molecule has 1 aliphatic heterocycles. The second-order valence-electron chi connectivity index (χ2n) is 5.65. The molecule has 1 aliphatic rings. The van der Waals surface area contributed by atoms with Gasteiger partial charge in [0.15, 0.2) is 0 Å². The minimum absolute atomic E-state index is 0.0741. The summed E-state index contributed by atoms with van der Waals surface area (Å²) < 4.78 is 11.1. The summed E-state index contributed by atoms with van der Waals surface area (Å²) in [7, 11) is 0. The van der Waals surface area contributed by atoms with Gasteiger partial charge in [-0.2, -0.15) is 4.98 Å². The van der Waals surface area contributed by atoms with Crippen molar-refractivity contribution in [3.05, 3.63) is 11.7 Å². The number of hydrogen-bond donors (Lipinski definition) is 1. The van der Waals surface area contributed by atoms with Crippen LogP contribution in [0.5, 0.6) is 0 Å². The van der Waals surface area contributed by atoms with Gasteiger partial charge >= 0.3 is 0 Å². The minimum atomic E-state index is -0.0741. The normalized spacial score (nSPS) is 22.4. The second kappa shape index (κ2) is 7.15. The molecule has 6 nitrogen and oxygen atoms in total. The quantitative estimate of drug-likeness (QED) is 0.854.